The summed E-state index contributed by atoms with van der Waals surface area (Å²) in [7, 11) is 1.52. The van der Waals surface area contributed by atoms with Crippen molar-refractivity contribution in [2.45, 2.75) is 13.0 Å². The molecule has 1 unspecified atom stereocenters. The van der Waals surface area contributed by atoms with Gasteiger partial charge in [-0.15, -0.1) is 0 Å². The van der Waals surface area contributed by atoms with Crippen LogP contribution in [0.1, 0.15) is 22.7 Å². The lowest BCUT2D eigenvalue weighted by Gasteiger charge is -2.26. The summed E-state index contributed by atoms with van der Waals surface area (Å²) >= 11 is 3.38. The number of aliphatic hydroxyl groups excluding tert-OH is 1. The van der Waals surface area contributed by atoms with Gasteiger partial charge in [0.1, 0.15) is 17.3 Å². The number of phenolic OH excluding ortho intramolecular Hbond substituents is 1. The maximum atomic E-state index is 13.2. The number of carbonyl (C=O) groups excluding carboxylic acids is 2. The minimum Gasteiger partial charge on any atom is -0.507 e. The molecule has 2 N–H and O–H groups in total. The molecule has 6 nitrogen and oxygen atoms in total. The SMILES string of the molecule is COc1ccc(/C(O)=C2/C(=O)C(=O)N(c3cc(C)ccc3O)C2c2ccccc2)cc1Br. The van der Waals surface area contributed by atoms with Gasteiger partial charge in [-0.1, -0.05) is 36.4 Å². The predicted octanol–water partition coefficient (Wildman–Crippen LogP) is 5.10. The Morgan fingerprint density at radius 1 is 1.03 bits per heavy atom. The largest absolute Gasteiger partial charge is 0.507 e. The number of rotatable bonds is 4. The van der Waals surface area contributed by atoms with Crippen molar-refractivity contribution >= 4 is 39.1 Å². The van der Waals surface area contributed by atoms with Crippen LogP contribution in [0.25, 0.3) is 5.76 Å². The summed E-state index contributed by atoms with van der Waals surface area (Å²) in [6, 6.07) is 17.7. The third-order valence-corrected chi connectivity index (χ3v) is 6.00. The highest BCUT2D eigenvalue weighted by molar-refractivity contribution is 9.10. The summed E-state index contributed by atoms with van der Waals surface area (Å²) in [4.78, 5) is 27.6. The van der Waals surface area contributed by atoms with Gasteiger partial charge >= 0.3 is 0 Å². The van der Waals surface area contributed by atoms with Crippen molar-refractivity contribution in [2.75, 3.05) is 12.0 Å². The highest BCUT2D eigenvalue weighted by Gasteiger charge is 2.47. The first-order chi connectivity index (χ1) is 15.3. The van der Waals surface area contributed by atoms with Crippen LogP contribution in [0.3, 0.4) is 0 Å². The lowest BCUT2D eigenvalue weighted by molar-refractivity contribution is -0.132. The molecule has 0 aromatic heterocycles. The molecule has 0 bridgehead atoms. The molecule has 32 heavy (non-hydrogen) atoms. The third-order valence-electron chi connectivity index (χ3n) is 5.38. The fourth-order valence-electron chi connectivity index (χ4n) is 3.83. The number of methoxy groups -OCH3 is 1. The molecule has 0 saturated carbocycles. The van der Waals surface area contributed by atoms with Crippen LogP contribution in [0.4, 0.5) is 5.69 Å². The van der Waals surface area contributed by atoms with Crippen molar-refractivity contribution in [1.82, 2.24) is 0 Å². The molecule has 162 valence electrons. The lowest BCUT2D eigenvalue weighted by atomic mass is 9.95. The Morgan fingerprint density at radius 3 is 2.41 bits per heavy atom. The Hall–Kier alpha value is -3.58. The molecule has 1 aliphatic rings. The number of aliphatic hydroxyl groups is 1. The number of aromatic hydroxyl groups is 1. The Morgan fingerprint density at radius 2 is 1.75 bits per heavy atom. The van der Waals surface area contributed by atoms with Crippen molar-refractivity contribution in [3.8, 4) is 11.5 Å². The summed E-state index contributed by atoms with van der Waals surface area (Å²) < 4.78 is 5.82. The molecule has 7 heteroatoms. The van der Waals surface area contributed by atoms with Gasteiger partial charge in [0.15, 0.2) is 0 Å². The zero-order valence-electron chi connectivity index (χ0n) is 17.4. The number of ketones is 1. The molecule has 1 heterocycles. The van der Waals surface area contributed by atoms with E-state index in [-0.39, 0.29) is 22.8 Å². The Kier molecular flexibility index (Phi) is 5.76. The Bertz CT molecular complexity index is 1250. The fraction of sp³-hybridized carbons (Fsp3) is 0.120. The van der Waals surface area contributed by atoms with Gasteiger partial charge in [-0.25, -0.2) is 0 Å². The van der Waals surface area contributed by atoms with Gasteiger partial charge in [0.05, 0.1) is 28.9 Å². The average molecular weight is 494 g/mol. The van der Waals surface area contributed by atoms with E-state index in [1.807, 2.05) is 13.0 Å². The summed E-state index contributed by atoms with van der Waals surface area (Å²) in [6.07, 6.45) is 0. The zero-order chi connectivity index (χ0) is 23.0. The van der Waals surface area contributed by atoms with Crippen molar-refractivity contribution in [1.29, 1.82) is 0 Å². The number of phenols is 1. The number of carbonyl (C=O) groups is 2. The minimum atomic E-state index is -0.912. The van der Waals surface area contributed by atoms with E-state index in [1.54, 1.807) is 54.6 Å². The number of anilines is 1. The molecular weight excluding hydrogens is 474 g/mol. The van der Waals surface area contributed by atoms with Crippen LogP contribution < -0.4 is 9.64 Å². The third kappa shape index (κ3) is 3.65. The van der Waals surface area contributed by atoms with Crippen LogP contribution in [0, 0.1) is 6.92 Å². The second kappa shape index (κ2) is 8.51. The fourth-order valence-corrected chi connectivity index (χ4v) is 4.37. The van der Waals surface area contributed by atoms with Crippen LogP contribution in [0.15, 0.2) is 76.8 Å². The number of amides is 1. The first kappa shape index (κ1) is 21.6. The highest BCUT2D eigenvalue weighted by atomic mass is 79.9. The van der Waals surface area contributed by atoms with Crippen molar-refractivity contribution in [3.05, 3.63) is 93.5 Å². The molecule has 0 radical (unpaired) electrons. The highest BCUT2D eigenvalue weighted by Crippen LogP contribution is 2.45. The lowest BCUT2D eigenvalue weighted by Crippen LogP contribution is -2.29. The van der Waals surface area contributed by atoms with E-state index in [4.69, 9.17) is 4.74 Å². The van der Waals surface area contributed by atoms with Gasteiger partial charge in [0.2, 0.25) is 0 Å². The van der Waals surface area contributed by atoms with E-state index in [1.165, 1.54) is 18.1 Å². The smallest absolute Gasteiger partial charge is 0.300 e. The first-order valence-corrected chi connectivity index (χ1v) is 10.6. The first-order valence-electron chi connectivity index (χ1n) is 9.83. The molecule has 4 rings (SSSR count). The minimum absolute atomic E-state index is 0.0563. The monoisotopic (exact) mass is 493 g/mol. The maximum absolute atomic E-state index is 13.2. The topological polar surface area (TPSA) is 87.1 Å². The van der Waals surface area contributed by atoms with Gasteiger partial charge in [0, 0.05) is 5.56 Å². The molecular formula is C25H20BrNO5. The molecule has 1 aliphatic heterocycles. The summed E-state index contributed by atoms with van der Waals surface area (Å²) in [5, 5.41) is 21.7. The number of Topliss-reactive ketones (excluding diaryl/α,β-unsaturated/α-hetero) is 1. The van der Waals surface area contributed by atoms with Crippen LogP contribution in [0.5, 0.6) is 11.5 Å². The van der Waals surface area contributed by atoms with E-state index in [2.05, 4.69) is 15.9 Å². The van der Waals surface area contributed by atoms with Gasteiger partial charge < -0.3 is 14.9 Å². The van der Waals surface area contributed by atoms with Gasteiger partial charge in [0.25, 0.3) is 11.7 Å². The second-order valence-electron chi connectivity index (χ2n) is 7.42. The van der Waals surface area contributed by atoms with Crippen molar-refractivity contribution < 1.29 is 24.5 Å². The number of hydrogen-bond acceptors (Lipinski definition) is 5. The van der Waals surface area contributed by atoms with Crippen LogP contribution in [-0.2, 0) is 9.59 Å². The molecule has 3 aromatic carbocycles. The number of hydrogen-bond donors (Lipinski definition) is 2. The molecule has 1 atom stereocenters. The number of benzene rings is 3. The Balaban J connectivity index is 1.96. The molecule has 3 aromatic rings. The van der Waals surface area contributed by atoms with Crippen molar-refractivity contribution in [2.24, 2.45) is 0 Å². The molecule has 1 amide bonds. The molecule has 0 aliphatic carbocycles. The standard InChI is InChI=1S/C25H20BrNO5/c1-14-8-10-19(28)18(12-14)27-22(15-6-4-3-5-7-15)21(24(30)25(27)31)23(29)16-9-11-20(32-2)17(26)13-16/h3-13,22,28-29H,1-2H3/b23-21-. The van der Waals surface area contributed by atoms with Gasteiger partial charge in [-0.2, -0.15) is 0 Å². The summed E-state index contributed by atoms with van der Waals surface area (Å²) in [6.45, 7) is 1.83. The van der Waals surface area contributed by atoms with Gasteiger partial charge in [-0.3, -0.25) is 14.5 Å². The average Bonchev–Trinajstić information content (AvgIpc) is 3.06. The maximum Gasteiger partial charge on any atom is 0.300 e. The van der Waals surface area contributed by atoms with Crippen LogP contribution >= 0.6 is 15.9 Å². The normalized spacial score (nSPS) is 17.6. The van der Waals surface area contributed by atoms with Gasteiger partial charge in [-0.05, 0) is 64.3 Å². The van der Waals surface area contributed by atoms with E-state index in [0.717, 1.165) is 5.56 Å². The number of nitrogens with zero attached hydrogens (tertiary/aromatic N) is 1. The zero-order valence-corrected chi connectivity index (χ0v) is 19.0. The quantitative estimate of drug-likeness (QED) is 0.300. The van der Waals surface area contributed by atoms with E-state index < -0.39 is 17.7 Å². The number of ether oxygens (including phenoxy) is 1. The number of halogens is 1. The molecule has 1 fully saturated rings. The van der Waals surface area contributed by atoms with Crippen molar-refractivity contribution in [3.63, 3.8) is 0 Å². The number of aryl methyl sites for hydroxylation is 1. The van der Waals surface area contributed by atoms with E-state index >= 15 is 0 Å². The molecule has 0 spiro atoms. The summed E-state index contributed by atoms with van der Waals surface area (Å²) in [5.41, 5.74) is 1.94. The van der Waals surface area contributed by atoms with Crippen LogP contribution in [-0.4, -0.2) is 29.0 Å². The second-order valence-corrected chi connectivity index (χ2v) is 8.28. The summed E-state index contributed by atoms with van der Waals surface area (Å²) in [5.74, 6) is -1.54. The van der Waals surface area contributed by atoms with Crippen LogP contribution in [0.2, 0.25) is 0 Å². The van der Waals surface area contributed by atoms with E-state index in [0.29, 0.717) is 21.3 Å². The molecule has 1 saturated heterocycles. The van der Waals surface area contributed by atoms with E-state index in [9.17, 15) is 19.8 Å². The predicted molar refractivity (Wildman–Crippen MR) is 125 cm³/mol. The Labute approximate surface area is 193 Å².